The average Bonchev–Trinajstić information content (AvgIpc) is 3.11. The van der Waals surface area contributed by atoms with E-state index in [9.17, 15) is 9.18 Å². The number of ether oxygens (including phenoxy) is 3. The molecule has 7 heteroatoms. The van der Waals surface area contributed by atoms with Crippen molar-refractivity contribution in [2.75, 3.05) is 32.9 Å². The largest absolute Gasteiger partial charge is 0.491 e. The molecule has 0 spiro atoms. The van der Waals surface area contributed by atoms with Crippen LogP contribution in [0.2, 0.25) is 5.02 Å². The van der Waals surface area contributed by atoms with Crippen molar-refractivity contribution in [2.45, 2.75) is 25.6 Å². The molecule has 0 saturated carbocycles. The zero-order valence-corrected chi connectivity index (χ0v) is 14.1. The highest BCUT2D eigenvalue weighted by Gasteiger charge is 2.31. The van der Waals surface area contributed by atoms with Crippen LogP contribution < -0.4 is 4.74 Å². The molecule has 1 amide bonds. The first kappa shape index (κ1) is 17.5. The Hall–Kier alpha value is -1.37. The highest BCUT2D eigenvalue weighted by Crippen LogP contribution is 2.27. The van der Waals surface area contributed by atoms with Gasteiger partial charge in [-0.15, -0.1) is 0 Å². The Morgan fingerprint density at radius 1 is 1.29 bits per heavy atom. The lowest BCUT2D eigenvalue weighted by Crippen LogP contribution is -2.41. The highest BCUT2D eigenvalue weighted by molar-refractivity contribution is 6.32. The molecule has 1 aromatic rings. The molecule has 2 aliphatic heterocycles. The summed E-state index contributed by atoms with van der Waals surface area (Å²) >= 11 is 5.89. The molecule has 2 heterocycles. The summed E-state index contributed by atoms with van der Waals surface area (Å²) in [6.07, 6.45) is 1.95. The summed E-state index contributed by atoms with van der Waals surface area (Å²) in [5, 5.41) is 0.208. The molecule has 24 heavy (non-hydrogen) atoms. The van der Waals surface area contributed by atoms with Crippen LogP contribution in [-0.2, 0) is 14.3 Å². The van der Waals surface area contributed by atoms with Crippen LogP contribution >= 0.6 is 11.6 Å². The third-order valence-electron chi connectivity index (χ3n) is 4.39. The number of carbonyl (C=O) groups excluding carboxylic acids is 1. The maximum absolute atomic E-state index is 13.0. The van der Waals surface area contributed by atoms with Gasteiger partial charge in [0.2, 0.25) is 5.91 Å². The minimum atomic E-state index is -0.415. The topological polar surface area (TPSA) is 48.0 Å². The number of likely N-dealkylation sites (tertiary alicyclic amines) is 1. The Bertz CT molecular complexity index is 572. The number of hydrogen-bond acceptors (Lipinski definition) is 4. The lowest BCUT2D eigenvalue weighted by atomic mass is 9.96. The van der Waals surface area contributed by atoms with Gasteiger partial charge in [0.1, 0.15) is 11.6 Å². The number of carbonyl (C=O) groups is 1. The van der Waals surface area contributed by atoms with Gasteiger partial charge in [0, 0.05) is 19.0 Å². The smallest absolute Gasteiger partial charge is 0.225 e. The van der Waals surface area contributed by atoms with Gasteiger partial charge in [0.15, 0.2) is 6.29 Å². The Balaban J connectivity index is 1.39. The van der Waals surface area contributed by atoms with Gasteiger partial charge < -0.3 is 19.1 Å². The number of halogens is 2. The Morgan fingerprint density at radius 3 is 2.67 bits per heavy atom. The average molecular weight is 358 g/mol. The summed E-state index contributed by atoms with van der Waals surface area (Å²) in [6, 6.07) is 3.94. The van der Waals surface area contributed by atoms with Crippen molar-refractivity contribution in [1.82, 2.24) is 4.90 Å². The third kappa shape index (κ3) is 4.37. The van der Waals surface area contributed by atoms with Crippen LogP contribution in [0.3, 0.4) is 0 Å². The van der Waals surface area contributed by atoms with Crippen LogP contribution in [0.1, 0.15) is 19.3 Å². The summed E-state index contributed by atoms with van der Waals surface area (Å²) in [5.74, 6) is 0.396. The second-order valence-corrected chi connectivity index (χ2v) is 6.41. The van der Waals surface area contributed by atoms with E-state index in [0.29, 0.717) is 38.0 Å². The standard InChI is InChI=1S/C17H21ClFNO4/c18-14-11-13(19)1-2-15(14)22-8-5-16(21)20-6-3-12(4-7-20)17-23-9-10-24-17/h1-2,11-12,17H,3-10H2. The number of hydrogen-bond donors (Lipinski definition) is 0. The monoisotopic (exact) mass is 357 g/mol. The van der Waals surface area contributed by atoms with Crippen LogP contribution in [0.4, 0.5) is 4.39 Å². The first-order valence-electron chi connectivity index (χ1n) is 8.22. The second kappa shape index (κ2) is 8.14. The molecule has 3 rings (SSSR count). The fourth-order valence-electron chi connectivity index (χ4n) is 3.07. The molecule has 0 bridgehead atoms. The van der Waals surface area contributed by atoms with Crippen LogP contribution in [0.5, 0.6) is 5.75 Å². The molecule has 0 N–H and O–H groups in total. The minimum absolute atomic E-state index is 0.0555. The molecule has 2 aliphatic rings. The highest BCUT2D eigenvalue weighted by atomic mass is 35.5. The number of piperidine rings is 1. The van der Waals surface area contributed by atoms with E-state index in [2.05, 4.69) is 0 Å². The van der Waals surface area contributed by atoms with Gasteiger partial charge in [-0.25, -0.2) is 4.39 Å². The van der Waals surface area contributed by atoms with E-state index in [4.69, 9.17) is 25.8 Å². The SMILES string of the molecule is O=C(CCOc1ccc(F)cc1Cl)N1CCC(C2OCCO2)CC1. The Morgan fingerprint density at radius 2 is 2.00 bits per heavy atom. The summed E-state index contributed by atoms with van der Waals surface area (Å²) in [4.78, 5) is 14.1. The molecular weight excluding hydrogens is 337 g/mol. The van der Waals surface area contributed by atoms with Crippen molar-refractivity contribution < 1.29 is 23.4 Å². The Labute approximate surface area is 145 Å². The molecule has 2 saturated heterocycles. The van der Waals surface area contributed by atoms with Gasteiger partial charge in [0.05, 0.1) is 31.3 Å². The molecule has 0 unspecified atom stereocenters. The van der Waals surface area contributed by atoms with Crippen LogP contribution in [-0.4, -0.2) is 50.0 Å². The van der Waals surface area contributed by atoms with Gasteiger partial charge in [0.25, 0.3) is 0 Å². The normalized spacial score (nSPS) is 19.7. The fraction of sp³-hybridized carbons (Fsp3) is 0.588. The van der Waals surface area contributed by atoms with Crippen LogP contribution in [0.25, 0.3) is 0 Å². The molecule has 1 aromatic carbocycles. The molecule has 0 aromatic heterocycles. The lowest BCUT2D eigenvalue weighted by Gasteiger charge is -2.33. The van der Waals surface area contributed by atoms with E-state index in [1.165, 1.54) is 18.2 Å². The lowest BCUT2D eigenvalue weighted by molar-refractivity contribution is -0.137. The predicted octanol–water partition coefficient (Wildman–Crippen LogP) is 2.86. The first-order chi connectivity index (χ1) is 11.6. The zero-order valence-electron chi connectivity index (χ0n) is 13.4. The van der Waals surface area contributed by atoms with Gasteiger partial charge >= 0.3 is 0 Å². The minimum Gasteiger partial charge on any atom is -0.491 e. The maximum atomic E-state index is 13.0. The van der Waals surface area contributed by atoms with Crippen molar-refractivity contribution in [3.8, 4) is 5.75 Å². The predicted molar refractivity (Wildman–Crippen MR) is 86.5 cm³/mol. The molecule has 0 radical (unpaired) electrons. The summed E-state index contributed by atoms with van der Waals surface area (Å²) < 4.78 is 29.5. The Kier molecular flexibility index (Phi) is 5.92. The molecule has 0 aliphatic carbocycles. The quantitative estimate of drug-likeness (QED) is 0.813. The number of rotatable bonds is 5. The van der Waals surface area contributed by atoms with Gasteiger partial charge in [-0.3, -0.25) is 4.79 Å². The second-order valence-electron chi connectivity index (χ2n) is 6.00. The van der Waals surface area contributed by atoms with E-state index in [1.54, 1.807) is 0 Å². The molecule has 132 valence electrons. The molecule has 5 nitrogen and oxygen atoms in total. The van der Waals surface area contributed by atoms with Crippen molar-refractivity contribution in [1.29, 1.82) is 0 Å². The van der Waals surface area contributed by atoms with Gasteiger partial charge in [-0.2, -0.15) is 0 Å². The zero-order chi connectivity index (χ0) is 16.9. The maximum Gasteiger partial charge on any atom is 0.225 e. The summed E-state index contributed by atoms with van der Waals surface area (Å²) in [6.45, 7) is 2.97. The molecule has 0 atom stereocenters. The third-order valence-corrected chi connectivity index (χ3v) is 4.69. The van der Waals surface area contributed by atoms with Crippen LogP contribution in [0.15, 0.2) is 18.2 Å². The van der Waals surface area contributed by atoms with E-state index in [-0.39, 0.29) is 30.2 Å². The van der Waals surface area contributed by atoms with Crippen molar-refractivity contribution in [3.63, 3.8) is 0 Å². The van der Waals surface area contributed by atoms with E-state index in [0.717, 1.165) is 12.8 Å². The first-order valence-corrected chi connectivity index (χ1v) is 8.60. The number of nitrogens with zero attached hydrogens (tertiary/aromatic N) is 1. The van der Waals surface area contributed by atoms with Gasteiger partial charge in [-0.05, 0) is 31.0 Å². The van der Waals surface area contributed by atoms with Crippen molar-refractivity contribution >= 4 is 17.5 Å². The van der Waals surface area contributed by atoms with Gasteiger partial charge in [-0.1, -0.05) is 11.6 Å². The molecular formula is C17H21ClFNO4. The fourth-order valence-corrected chi connectivity index (χ4v) is 3.29. The number of amides is 1. The number of benzene rings is 1. The molecule has 2 fully saturated rings. The van der Waals surface area contributed by atoms with E-state index < -0.39 is 5.82 Å². The van der Waals surface area contributed by atoms with E-state index in [1.807, 2.05) is 4.90 Å². The summed E-state index contributed by atoms with van der Waals surface area (Å²) in [7, 11) is 0. The summed E-state index contributed by atoms with van der Waals surface area (Å²) in [5.41, 5.74) is 0. The van der Waals surface area contributed by atoms with E-state index >= 15 is 0 Å². The van der Waals surface area contributed by atoms with Crippen molar-refractivity contribution in [3.05, 3.63) is 29.0 Å². The van der Waals surface area contributed by atoms with Crippen molar-refractivity contribution in [2.24, 2.45) is 5.92 Å². The van der Waals surface area contributed by atoms with Crippen LogP contribution in [0, 0.1) is 11.7 Å².